The molecule has 2 aliphatic rings. The summed E-state index contributed by atoms with van der Waals surface area (Å²) in [4.78, 5) is 24.1. The molecule has 4 aromatic rings. The number of ether oxygens (including phenoxy) is 1. The first-order chi connectivity index (χ1) is 16.9. The lowest BCUT2D eigenvalue weighted by molar-refractivity contribution is -0.128. The van der Waals surface area contributed by atoms with Crippen molar-refractivity contribution in [2.45, 2.75) is 19.9 Å². The lowest BCUT2D eigenvalue weighted by Gasteiger charge is -2.29. The first kappa shape index (κ1) is 21.4. The van der Waals surface area contributed by atoms with Crippen LogP contribution in [0.25, 0.3) is 16.8 Å². The summed E-state index contributed by atoms with van der Waals surface area (Å²) in [6, 6.07) is 17.3. The van der Waals surface area contributed by atoms with Crippen molar-refractivity contribution in [1.29, 1.82) is 0 Å². The normalized spacial score (nSPS) is 22.1. The zero-order chi connectivity index (χ0) is 24.3. The molecule has 1 saturated heterocycles. The number of nitrogens with zero attached hydrogens (tertiary/aromatic N) is 4. The van der Waals surface area contributed by atoms with Gasteiger partial charge in [0.25, 0.3) is 0 Å². The Labute approximate surface area is 203 Å². The van der Waals surface area contributed by atoms with Crippen LogP contribution in [-0.2, 0) is 4.79 Å². The van der Waals surface area contributed by atoms with Crippen molar-refractivity contribution in [1.82, 2.24) is 19.3 Å². The predicted molar refractivity (Wildman–Crippen MR) is 135 cm³/mol. The number of rotatable bonds is 5. The summed E-state index contributed by atoms with van der Waals surface area (Å²) >= 11 is 0. The van der Waals surface area contributed by atoms with E-state index in [2.05, 4.69) is 25.4 Å². The fourth-order valence-electron chi connectivity index (χ4n) is 5.73. The van der Waals surface area contributed by atoms with E-state index in [1.165, 1.54) is 6.08 Å². The summed E-state index contributed by atoms with van der Waals surface area (Å²) in [6.45, 7) is 8.96. The summed E-state index contributed by atoms with van der Waals surface area (Å²) in [5.74, 6) is 3.43. The molecule has 1 aliphatic heterocycles. The highest BCUT2D eigenvalue weighted by molar-refractivity contribution is 5.89. The third-order valence-electron chi connectivity index (χ3n) is 7.65. The van der Waals surface area contributed by atoms with Gasteiger partial charge in [0, 0.05) is 24.5 Å². The molecule has 3 heterocycles. The van der Waals surface area contributed by atoms with Crippen molar-refractivity contribution in [2.24, 2.45) is 17.3 Å². The lowest BCUT2D eigenvalue weighted by Crippen LogP contribution is -2.35. The van der Waals surface area contributed by atoms with Gasteiger partial charge in [-0.25, -0.2) is 9.97 Å². The molecular formula is C28H27N5O2. The zero-order valence-electron chi connectivity index (χ0n) is 19.8. The van der Waals surface area contributed by atoms with Gasteiger partial charge < -0.3 is 15.4 Å². The summed E-state index contributed by atoms with van der Waals surface area (Å²) < 4.78 is 7.94. The highest BCUT2D eigenvalue weighted by atomic mass is 16.5. The van der Waals surface area contributed by atoms with Gasteiger partial charge in [-0.15, -0.1) is 0 Å². The Morgan fingerprint density at radius 2 is 1.86 bits per heavy atom. The van der Waals surface area contributed by atoms with Crippen molar-refractivity contribution in [3.63, 3.8) is 0 Å². The van der Waals surface area contributed by atoms with Crippen molar-refractivity contribution in [3.8, 4) is 22.8 Å². The molecule has 0 radical (unpaired) electrons. The fraction of sp³-hybridized carbons (Fsp3) is 0.250. The number of hydrogen-bond donors (Lipinski definition) is 1. The summed E-state index contributed by atoms with van der Waals surface area (Å²) in [5, 5.41) is 0. The van der Waals surface area contributed by atoms with Crippen LogP contribution in [0.4, 0.5) is 5.82 Å². The van der Waals surface area contributed by atoms with E-state index in [0.29, 0.717) is 24.2 Å². The molecule has 35 heavy (non-hydrogen) atoms. The van der Waals surface area contributed by atoms with E-state index in [9.17, 15) is 4.79 Å². The number of imidazole rings is 1. The topological polar surface area (TPSA) is 85.8 Å². The Morgan fingerprint density at radius 3 is 2.57 bits per heavy atom. The van der Waals surface area contributed by atoms with Gasteiger partial charge >= 0.3 is 0 Å². The molecule has 2 aromatic heterocycles. The van der Waals surface area contributed by atoms with Crippen molar-refractivity contribution < 1.29 is 9.53 Å². The SMILES string of the molecule is C=CC(=O)N1C[C@H]2[C@@H]([C@H]1c1nc(-c3ccc(Oc4ccccc4)cc3)c3c(N)nccn13)C2(C)C. The van der Waals surface area contributed by atoms with Gasteiger partial charge in [0.1, 0.15) is 34.4 Å². The second-order valence-corrected chi connectivity index (χ2v) is 9.88. The summed E-state index contributed by atoms with van der Waals surface area (Å²) in [5.41, 5.74) is 8.91. The molecule has 2 fully saturated rings. The van der Waals surface area contributed by atoms with E-state index in [1.807, 2.05) is 70.1 Å². The van der Waals surface area contributed by atoms with E-state index in [4.69, 9.17) is 15.5 Å². The minimum absolute atomic E-state index is 0.0688. The van der Waals surface area contributed by atoms with Crippen molar-refractivity contribution in [3.05, 3.63) is 85.5 Å². The average Bonchev–Trinajstić information content (AvgIpc) is 3.20. The number of nitrogen functional groups attached to an aromatic ring is 1. The Kier molecular flexibility index (Phi) is 4.71. The van der Waals surface area contributed by atoms with Crippen LogP contribution >= 0.6 is 0 Å². The lowest BCUT2D eigenvalue weighted by atomic mass is 10.0. The molecule has 2 N–H and O–H groups in total. The largest absolute Gasteiger partial charge is 0.457 e. The number of hydrogen-bond acceptors (Lipinski definition) is 5. The van der Waals surface area contributed by atoms with Gasteiger partial charge in [0.15, 0.2) is 0 Å². The molecule has 3 atom stereocenters. The number of piperidine rings is 1. The Bertz CT molecular complexity index is 1440. The fourth-order valence-corrected chi connectivity index (χ4v) is 5.73. The van der Waals surface area contributed by atoms with Crippen molar-refractivity contribution in [2.75, 3.05) is 12.3 Å². The number of likely N-dealkylation sites (tertiary alicyclic amines) is 1. The second-order valence-electron chi connectivity index (χ2n) is 9.88. The maximum absolute atomic E-state index is 12.8. The van der Waals surface area contributed by atoms with Crippen LogP contribution < -0.4 is 10.5 Å². The van der Waals surface area contributed by atoms with Crippen LogP contribution in [0, 0.1) is 17.3 Å². The zero-order valence-corrected chi connectivity index (χ0v) is 19.8. The number of carbonyl (C=O) groups excluding carboxylic acids is 1. The van der Waals surface area contributed by atoms with Crippen LogP contribution in [0.3, 0.4) is 0 Å². The van der Waals surface area contributed by atoms with E-state index >= 15 is 0 Å². The van der Waals surface area contributed by atoms with E-state index in [1.54, 1.807) is 6.20 Å². The molecule has 2 aromatic carbocycles. The number of aromatic nitrogens is 3. The van der Waals surface area contributed by atoms with E-state index < -0.39 is 0 Å². The van der Waals surface area contributed by atoms with Gasteiger partial charge in [-0.1, -0.05) is 38.6 Å². The molecule has 0 bridgehead atoms. The number of amides is 1. The van der Waals surface area contributed by atoms with Crippen LogP contribution in [0.5, 0.6) is 11.5 Å². The molecule has 6 rings (SSSR count). The van der Waals surface area contributed by atoms with E-state index in [-0.39, 0.29) is 17.4 Å². The monoisotopic (exact) mass is 465 g/mol. The molecule has 7 heteroatoms. The Morgan fingerprint density at radius 1 is 1.14 bits per heavy atom. The summed E-state index contributed by atoms with van der Waals surface area (Å²) in [6.07, 6.45) is 4.95. The second kappa shape index (κ2) is 7.70. The molecular weight excluding hydrogens is 438 g/mol. The Balaban J connectivity index is 1.43. The maximum atomic E-state index is 12.8. The van der Waals surface area contributed by atoms with Gasteiger partial charge in [-0.2, -0.15) is 0 Å². The number of anilines is 1. The number of nitrogens with two attached hydrogens (primary N) is 1. The van der Waals surface area contributed by atoms with Gasteiger partial charge in [-0.05, 0) is 59.7 Å². The smallest absolute Gasteiger partial charge is 0.246 e. The van der Waals surface area contributed by atoms with Gasteiger partial charge in [0.2, 0.25) is 5.91 Å². The van der Waals surface area contributed by atoms with Gasteiger partial charge in [0.05, 0.1) is 6.04 Å². The predicted octanol–water partition coefficient (Wildman–Crippen LogP) is 5.11. The number of para-hydroxylation sites is 1. The molecule has 1 amide bonds. The average molecular weight is 466 g/mol. The standard InChI is InChI=1S/C28H27N5O2/c1-4-21(34)33-16-20-22(28(20,2)3)24(33)27-31-23(25-26(29)30-14-15-32(25)27)17-10-12-19(13-11-17)35-18-8-6-5-7-9-18/h4-15,20,22,24H,1,16H2,2-3H3,(H2,29,30)/t20-,22-,24-/m0/s1. The first-order valence-corrected chi connectivity index (χ1v) is 11.8. The van der Waals surface area contributed by atoms with Crippen molar-refractivity contribution >= 4 is 17.2 Å². The summed E-state index contributed by atoms with van der Waals surface area (Å²) in [7, 11) is 0. The minimum Gasteiger partial charge on any atom is -0.457 e. The third kappa shape index (κ3) is 3.30. The molecule has 1 saturated carbocycles. The maximum Gasteiger partial charge on any atom is 0.246 e. The highest BCUT2D eigenvalue weighted by Gasteiger charge is 2.68. The van der Waals surface area contributed by atoms with Crippen LogP contribution in [0.15, 0.2) is 79.6 Å². The van der Waals surface area contributed by atoms with Crippen LogP contribution in [-0.4, -0.2) is 31.7 Å². The van der Waals surface area contributed by atoms with Crippen LogP contribution in [0.2, 0.25) is 0 Å². The highest BCUT2D eigenvalue weighted by Crippen LogP contribution is 2.69. The quantitative estimate of drug-likeness (QED) is 0.414. The number of carbonyl (C=O) groups is 1. The van der Waals surface area contributed by atoms with E-state index in [0.717, 1.165) is 34.1 Å². The Hall–Kier alpha value is -4.13. The molecule has 1 aliphatic carbocycles. The minimum atomic E-state index is -0.149. The number of benzene rings is 2. The number of fused-ring (bicyclic) bond motifs is 2. The molecule has 0 spiro atoms. The molecule has 7 nitrogen and oxygen atoms in total. The van der Waals surface area contributed by atoms with Crippen LogP contribution in [0.1, 0.15) is 25.7 Å². The van der Waals surface area contributed by atoms with Gasteiger partial charge in [-0.3, -0.25) is 9.20 Å². The first-order valence-electron chi connectivity index (χ1n) is 11.8. The third-order valence-corrected chi connectivity index (χ3v) is 7.65. The molecule has 0 unspecified atom stereocenters. The molecule has 176 valence electrons.